The van der Waals surface area contributed by atoms with Gasteiger partial charge in [-0.3, -0.25) is 0 Å². The maximum absolute atomic E-state index is 3.71. The number of hydrogen-bond donors (Lipinski definition) is 0. The minimum atomic E-state index is 0.949. The van der Waals surface area contributed by atoms with E-state index in [0.717, 1.165) is 12.8 Å². The van der Waals surface area contributed by atoms with Crippen LogP contribution in [0.15, 0.2) is 62.7 Å². The van der Waals surface area contributed by atoms with E-state index in [1.165, 1.54) is 11.1 Å². The van der Waals surface area contributed by atoms with E-state index in [1.54, 1.807) is 0 Å². The predicted octanol–water partition coefficient (Wildman–Crippen LogP) is 3.95. The normalized spacial score (nSPS) is 8.29. The summed E-state index contributed by atoms with van der Waals surface area (Å²) in [6.45, 7) is 13.4. The van der Waals surface area contributed by atoms with E-state index in [1.807, 2.05) is 12.2 Å². The average molecular weight is 186 g/mol. The zero-order valence-electron chi connectivity index (χ0n) is 8.71. The van der Waals surface area contributed by atoms with Crippen molar-refractivity contribution in [2.75, 3.05) is 0 Å². The smallest absolute Gasteiger partial charge is 0.0100 e. The third-order valence-electron chi connectivity index (χ3n) is 1.75. The quantitative estimate of drug-likeness (QED) is 0.625. The van der Waals surface area contributed by atoms with E-state index < -0.39 is 0 Å². The molecule has 0 amide bonds. The standard InChI is InChI=1S/C12H14.C2H4/c1-3-6-11-8-5-9-12(10-11)7-4-2;1-2/h3-5,8-10H,1-2,6-7H2;1-2H2. The maximum Gasteiger partial charge on any atom is -0.0100 e. The van der Waals surface area contributed by atoms with Crippen LogP contribution in [0.1, 0.15) is 11.1 Å². The van der Waals surface area contributed by atoms with Gasteiger partial charge in [0.25, 0.3) is 0 Å². The van der Waals surface area contributed by atoms with E-state index in [4.69, 9.17) is 0 Å². The Morgan fingerprint density at radius 2 is 1.36 bits per heavy atom. The van der Waals surface area contributed by atoms with Gasteiger partial charge in [0, 0.05) is 0 Å². The second kappa shape index (κ2) is 8.06. The van der Waals surface area contributed by atoms with Crippen LogP contribution in [-0.2, 0) is 12.8 Å². The maximum atomic E-state index is 3.71. The minimum absolute atomic E-state index is 0.949. The largest absolute Gasteiger partial charge is 0.106 e. The zero-order chi connectivity index (χ0) is 10.8. The SMILES string of the molecule is C=C.C=CCc1cccc(CC=C)c1. The van der Waals surface area contributed by atoms with Gasteiger partial charge in [-0.25, -0.2) is 0 Å². The third-order valence-corrected chi connectivity index (χ3v) is 1.75. The highest BCUT2D eigenvalue weighted by Gasteiger charge is 1.91. The molecule has 1 aromatic carbocycles. The molecule has 0 N–H and O–H groups in total. The Balaban J connectivity index is 0.000000791. The summed E-state index contributed by atoms with van der Waals surface area (Å²) in [6.07, 6.45) is 5.75. The molecule has 0 atom stereocenters. The zero-order valence-corrected chi connectivity index (χ0v) is 8.71. The molecule has 0 aliphatic rings. The molecular weight excluding hydrogens is 168 g/mol. The second-order valence-corrected chi connectivity index (χ2v) is 2.81. The van der Waals surface area contributed by atoms with Crippen molar-refractivity contribution in [2.24, 2.45) is 0 Å². The predicted molar refractivity (Wildman–Crippen MR) is 65.5 cm³/mol. The number of allylic oxidation sites excluding steroid dienone is 2. The van der Waals surface area contributed by atoms with Gasteiger partial charge in [0.2, 0.25) is 0 Å². The Morgan fingerprint density at radius 3 is 1.71 bits per heavy atom. The van der Waals surface area contributed by atoms with Crippen molar-refractivity contribution >= 4 is 0 Å². The Kier molecular flexibility index (Phi) is 7.16. The van der Waals surface area contributed by atoms with Crippen LogP contribution < -0.4 is 0 Å². The van der Waals surface area contributed by atoms with Crippen molar-refractivity contribution in [1.29, 1.82) is 0 Å². The molecule has 1 rings (SSSR count). The Bertz CT molecular complexity index is 259. The summed E-state index contributed by atoms with van der Waals surface area (Å²) >= 11 is 0. The molecule has 0 fully saturated rings. The minimum Gasteiger partial charge on any atom is -0.106 e. The number of hydrogen-bond acceptors (Lipinski definition) is 0. The molecule has 0 saturated carbocycles. The summed E-state index contributed by atoms with van der Waals surface area (Å²) in [5.74, 6) is 0. The van der Waals surface area contributed by atoms with Gasteiger partial charge in [-0.15, -0.1) is 26.3 Å². The Hall–Kier alpha value is -1.56. The molecule has 0 saturated heterocycles. The molecule has 0 aliphatic carbocycles. The van der Waals surface area contributed by atoms with E-state index in [-0.39, 0.29) is 0 Å². The molecule has 0 bridgehead atoms. The molecule has 1 aromatic rings. The monoisotopic (exact) mass is 186 g/mol. The van der Waals surface area contributed by atoms with Crippen molar-refractivity contribution in [3.8, 4) is 0 Å². The molecule has 0 spiro atoms. The van der Waals surface area contributed by atoms with E-state index in [0.29, 0.717) is 0 Å². The first-order chi connectivity index (χ1) is 6.86. The van der Waals surface area contributed by atoms with Crippen LogP contribution in [0.2, 0.25) is 0 Å². The fourth-order valence-electron chi connectivity index (χ4n) is 1.22. The number of benzene rings is 1. The fraction of sp³-hybridized carbons (Fsp3) is 0.143. The van der Waals surface area contributed by atoms with Gasteiger partial charge in [-0.1, -0.05) is 36.4 Å². The van der Waals surface area contributed by atoms with E-state index in [2.05, 4.69) is 50.6 Å². The van der Waals surface area contributed by atoms with Crippen molar-refractivity contribution in [3.05, 3.63) is 73.9 Å². The number of rotatable bonds is 4. The van der Waals surface area contributed by atoms with Gasteiger partial charge in [0.15, 0.2) is 0 Å². The molecule has 0 aliphatic heterocycles. The van der Waals surface area contributed by atoms with Crippen LogP contribution in [0.3, 0.4) is 0 Å². The topological polar surface area (TPSA) is 0 Å². The van der Waals surface area contributed by atoms with Crippen LogP contribution >= 0.6 is 0 Å². The summed E-state index contributed by atoms with van der Waals surface area (Å²) < 4.78 is 0. The lowest BCUT2D eigenvalue weighted by molar-refractivity contribution is 1.21. The average Bonchev–Trinajstić information content (AvgIpc) is 2.22. The summed E-state index contributed by atoms with van der Waals surface area (Å²) in [5, 5.41) is 0. The summed E-state index contributed by atoms with van der Waals surface area (Å²) in [7, 11) is 0. The van der Waals surface area contributed by atoms with Gasteiger partial charge in [0.05, 0.1) is 0 Å². The second-order valence-electron chi connectivity index (χ2n) is 2.81. The van der Waals surface area contributed by atoms with Gasteiger partial charge in [-0.2, -0.15) is 0 Å². The Morgan fingerprint density at radius 1 is 0.929 bits per heavy atom. The van der Waals surface area contributed by atoms with Crippen LogP contribution in [0, 0.1) is 0 Å². The third kappa shape index (κ3) is 4.46. The van der Waals surface area contributed by atoms with Crippen molar-refractivity contribution in [2.45, 2.75) is 12.8 Å². The first-order valence-electron chi connectivity index (χ1n) is 4.66. The molecule has 0 heterocycles. The van der Waals surface area contributed by atoms with Crippen molar-refractivity contribution in [3.63, 3.8) is 0 Å². The first-order valence-corrected chi connectivity index (χ1v) is 4.66. The fourth-order valence-corrected chi connectivity index (χ4v) is 1.22. The van der Waals surface area contributed by atoms with Crippen molar-refractivity contribution < 1.29 is 0 Å². The summed E-state index contributed by atoms with van der Waals surface area (Å²) in [5.41, 5.74) is 2.65. The molecule has 0 unspecified atom stereocenters. The van der Waals surface area contributed by atoms with Gasteiger partial charge in [-0.05, 0) is 24.0 Å². The van der Waals surface area contributed by atoms with Crippen LogP contribution in [0.5, 0.6) is 0 Å². The summed E-state index contributed by atoms with van der Waals surface area (Å²) in [4.78, 5) is 0. The summed E-state index contributed by atoms with van der Waals surface area (Å²) in [6, 6.07) is 8.52. The molecule has 0 aromatic heterocycles. The highest BCUT2D eigenvalue weighted by Crippen LogP contribution is 2.07. The first kappa shape index (κ1) is 12.4. The molecule has 14 heavy (non-hydrogen) atoms. The molecular formula is C14H18. The van der Waals surface area contributed by atoms with Gasteiger partial charge >= 0.3 is 0 Å². The molecule has 0 nitrogen and oxygen atoms in total. The molecule has 0 radical (unpaired) electrons. The highest BCUT2D eigenvalue weighted by atomic mass is 14.0. The lowest BCUT2D eigenvalue weighted by Gasteiger charge is -1.99. The highest BCUT2D eigenvalue weighted by molar-refractivity contribution is 5.26. The van der Waals surface area contributed by atoms with Gasteiger partial charge < -0.3 is 0 Å². The van der Waals surface area contributed by atoms with E-state index >= 15 is 0 Å². The van der Waals surface area contributed by atoms with Crippen LogP contribution in [0.25, 0.3) is 0 Å². The Labute approximate surface area is 87.3 Å². The van der Waals surface area contributed by atoms with Crippen LogP contribution in [-0.4, -0.2) is 0 Å². The van der Waals surface area contributed by atoms with Crippen LogP contribution in [0.4, 0.5) is 0 Å². The molecule has 0 heteroatoms. The van der Waals surface area contributed by atoms with Gasteiger partial charge in [0.1, 0.15) is 0 Å². The molecule has 74 valence electrons. The van der Waals surface area contributed by atoms with Crippen molar-refractivity contribution in [1.82, 2.24) is 0 Å². The van der Waals surface area contributed by atoms with E-state index in [9.17, 15) is 0 Å². The lowest BCUT2D eigenvalue weighted by Crippen LogP contribution is -1.84. The lowest BCUT2D eigenvalue weighted by atomic mass is 10.1.